The van der Waals surface area contributed by atoms with Gasteiger partial charge in [-0.1, -0.05) is 0 Å². The Kier molecular flexibility index (Phi) is 3.46. The van der Waals surface area contributed by atoms with Crippen molar-refractivity contribution in [2.24, 2.45) is 5.92 Å². The van der Waals surface area contributed by atoms with Gasteiger partial charge in [0.1, 0.15) is 0 Å². The van der Waals surface area contributed by atoms with E-state index >= 15 is 0 Å². The summed E-state index contributed by atoms with van der Waals surface area (Å²) in [6, 6.07) is 4.27. The van der Waals surface area contributed by atoms with Crippen LogP contribution in [0.5, 0.6) is 0 Å². The summed E-state index contributed by atoms with van der Waals surface area (Å²) >= 11 is 0. The molecule has 0 amide bonds. The van der Waals surface area contributed by atoms with E-state index in [1.165, 1.54) is 32.2 Å². The highest BCUT2D eigenvalue weighted by molar-refractivity contribution is 4.89. The zero-order valence-corrected chi connectivity index (χ0v) is 10.7. The molecule has 0 aromatic carbocycles. The standard InChI is InChI=1S/C14H21N3O/c18-14-2-1-9-16-17(14)13-7-5-12(6-8-13)15-10-11-3-4-11/h1-2,9,11-13,15H,3-8,10H2. The zero-order valence-electron chi connectivity index (χ0n) is 10.7. The average Bonchev–Trinajstić information content (AvgIpc) is 3.22. The van der Waals surface area contributed by atoms with E-state index in [9.17, 15) is 4.79 Å². The van der Waals surface area contributed by atoms with Crippen LogP contribution in [0.1, 0.15) is 44.6 Å². The van der Waals surface area contributed by atoms with E-state index in [1.807, 2.05) is 0 Å². The van der Waals surface area contributed by atoms with Gasteiger partial charge in [0, 0.05) is 18.3 Å². The highest BCUT2D eigenvalue weighted by atomic mass is 16.1. The van der Waals surface area contributed by atoms with Crippen LogP contribution in [0.4, 0.5) is 0 Å². The van der Waals surface area contributed by atoms with E-state index in [4.69, 9.17) is 0 Å². The van der Waals surface area contributed by atoms with Crippen LogP contribution in [0.15, 0.2) is 23.1 Å². The number of hydrogen-bond acceptors (Lipinski definition) is 3. The quantitative estimate of drug-likeness (QED) is 0.881. The summed E-state index contributed by atoms with van der Waals surface area (Å²) in [7, 11) is 0. The first-order valence-corrected chi connectivity index (χ1v) is 7.10. The number of hydrogen-bond donors (Lipinski definition) is 1. The molecule has 18 heavy (non-hydrogen) atoms. The van der Waals surface area contributed by atoms with Crippen molar-refractivity contribution in [3.8, 4) is 0 Å². The van der Waals surface area contributed by atoms with Gasteiger partial charge >= 0.3 is 0 Å². The van der Waals surface area contributed by atoms with Gasteiger partial charge in [0.05, 0.1) is 6.04 Å². The molecule has 2 fully saturated rings. The van der Waals surface area contributed by atoms with Crippen molar-refractivity contribution in [3.05, 3.63) is 28.7 Å². The van der Waals surface area contributed by atoms with Crippen molar-refractivity contribution in [1.82, 2.24) is 15.1 Å². The van der Waals surface area contributed by atoms with Crippen LogP contribution >= 0.6 is 0 Å². The van der Waals surface area contributed by atoms with Gasteiger partial charge in [0.2, 0.25) is 0 Å². The molecule has 0 saturated heterocycles. The molecule has 0 spiro atoms. The molecule has 0 aliphatic heterocycles. The molecule has 0 unspecified atom stereocenters. The van der Waals surface area contributed by atoms with Gasteiger partial charge in [0.15, 0.2) is 0 Å². The molecular weight excluding hydrogens is 226 g/mol. The first kappa shape index (κ1) is 11.9. The van der Waals surface area contributed by atoms with E-state index < -0.39 is 0 Å². The molecule has 1 aromatic heterocycles. The Morgan fingerprint density at radius 3 is 2.67 bits per heavy atom. The molecule has 98 valence electrons. The zero-order chi connectivity index (χ0) is 12.4. The summed E-state index contributed by atoms with van der Waals surface area (Å²) in [4.78, 5) is 11.7. The van der Waals surface area contributed by atoms with E-state index in [2.05, 4.69) is 10.4 Å². The lowest BCUT2D eigenvalue weighted by molar-refractivity contribution is 0.268. The molecule has 4 heteroatoms. The van der Waals surface area contributed by atoms with E-state index in [0.29, 0.717) is 12.1 Å². The largest absolute Gasteiger partial charge is 0.314 e. The van der Waals surface area contributed by atoms with Crippen LogP contribution in [0.25, 0.3) is 0 Å². The lowest BCUT2D eigenvalue weighted by Crippen LogP contribution is -2.37. The second-order valence-corrected chi connectivity index (χ2v) is 5.66. The van der Waals surface area contributed by atoms with Crippen molar-refractivity contribution < 1.29 is 0 Å². The normalized spacial score (nSPS) is 28.2. The minimum absolute atomic E-state index is 0.0342. The molecule has 1 aromatic rings. The third-order valence-corrected chi connectivity index (χ3v) is 4.18. The number of aromatic nitrogens is 2. The Hall–Kier alpha value is -1.16. The number of nitrogens with zero attached hydrogens (tertiary/aromatic N) is 2. The smallest absolute Gasteiger partial charge is 0.266 e. The lowest BCUT2D eigenvalue weighted by Gasteiger charge is -2.29. The van der Waals surface area contributed by atoms with E-state index in [1.54, 1.807) is 23.0 Å². The Bertz CT molecular complexity index is 444. The van der Waals surface area contributed by atoms with Crippen LogP contribution in [0, 0.1) is 5.92 Å². The predicted octanol–water partition coefficient (Wildman–Crippen LogP) is 1.73. The van der Waals surface area contributed by atoms with Crippen LogP contribution in [0.2, 0.25) is 0 Å². The second kappa shape index (κ2) is 5.22. The topological polar surface area (TPSA) is 46.9 Å². The van der Waals surface area contributed by atoms with E-state index in [0.717, 1.165) is 18.8 Å². The number of rotatable bonds is 4. The predicted molar refractivity (Wildman–Crippen MR) is 70.5 cm³/mol. The average molecular weight is 247 g/mol. The van der Waals surface area contributed by atoms with Gasteiger partial charge in [-0.05, 0) is 57.1 Å². The minimum Gasteiger partial charge on any atom is -0.314 e. The summed E-state index contributed by atoms with van der Waals surface area (Å²) < 4.78 is 1.66. The summed E-state index contributed by atoms with van der Waals surface area (Å²) in [6.07, 6.45) is 9.00. The lowest BCUT2D eigenvalue weighted by atomic mass is 9.91. The van der Waals surface area contributed by atoms with Crippen LogP contribution < -0.4 is 10.9 Å². The maximum absolute atomic E-state index is 11.7. The molecule has 2 aliphatic rings. The third kappa shape index (κ3) is 2.80. The molecular formula is C14H21N3O. The molecule has 2 saturated carbocycles. The van der Waals surface area contributed by atoms with Crippen molar-refractivity contribution in [2.45, 2.75) is 50.6 Å². The van der Waals surface area contributed by atoms with Gasteiger partial charge in [0.25, 0.3) is 5.56 Å². The van der Waals surface area contributed by atoms with Crippen molar-refractivity contribution in [1.29, 1.82) is 0 Å². The highest BCUT2D eigenvalue weighted by Gasteiger charge is 2.26. The Labute approximate surface area is 107 Å². The van der Waals surface area contributed by atoms with Crippen LogP contribution in [-0.2, 0) is 0 Å². The van der Waals surface area contributed by atoms with Crippen molar-refractivity contribution >= 4 is 0 Å². The molecule has 1 N–H and O–H groups in total. The Morgan fingerprint density at radius 1 is 1.22 bits per heavy atom. The van der Waals surface area contributed by atoms with Crippen molar-refractivity contribution in [3.63, 3.8) is 0 Å². The number of nitrogens with one attached hydrogen (secondary N) is 1. The van der Waals surface area contributed by atoms with Gasteiger partial charge in [-0.15, -0.1) is 0 Å². The van der Waals surface area contributed by atoms with Crippen LogP contribution in [-0.4, -0.2) is 22.4 Å². The second-order valence-electron chi connectivity index (χ2n) is 5.66. The fourth-order valence-corrected chi connectivity index (χ4v) is 2.82. The van der Waals surface area contributed by atoms with Gasteiger partial charge < -0.3 is 5.32 Å². The third-order valence-electron chi connectivity index (χ3n) is 4.18. The molecule has 1 heterocycles. The monoisotopic (exact) mass is 247 g/mol. The molecule has 0 bridgehead atoms. The molecule has 4 nitrogen and oxygen atoms in total. The SMILES string of the molecule is O=c1cccnn1C1CCC(NCC2CC2)CC1. The highest BCUT2D eigenvalue weighted by Crippen LogP contribution is 2.30. The fourth-order valence-electron chi connectivity index (χ4n) is 2.82. The fraction of sp³-hybridized carbons (Fsp3) is 0.714. The Balaban J connectivity index is 1.53. The minimum atomic E-state index is 0.0342. The summed E-state index contributed by atoms with van der Waals surface area (Å²) in [5, 5.41) is 7.86. The Morgan fingerprint density at radius 2 is 2.00 bits per heavy atom. The molecule has 3 rings (SSSR count). The summed E-state index contributed by atoms with van der Waals surface area (Å²) in [5.74, 6) is 0.945. The first-order chi connectivity index (χ1) is 8.83. The summed E-state index contributed by atoms with van der Waals surface area (Å²) in [5.41, 5.74) is 0.0342. The van der Waals surface area contributed by atoms with Gasteiger partial charge in [-0.25, -0.2) is 4.68 Å². The molecule has 0 atom stereocenters. The maximum Gasteiger partial charge on any atom is 0.266 e. The van der Waals surface area contributed by atoms with E-state index in [-0.39, 0.29) is 5.56 Å². The van der Waals surface area contributed by atoms with Gasteiger partial charge in [-0.3, -0.25) is 4.79 Å². The van der Waals surface area contributed by atoms with Crippen molar-refractivity contribution in [2.75, 3.05) is 6.54 Å². The van der Waals surface area contributed by atoms with Crippen LogP contribution in [0.3, 0.4) is 0 Å². The van der Waals surface area contributed by atoms with Gasteiger partial charge in [-0.2, -0.15) is 5.10 Å². The first-order valence-electron chi connectivity index (χ1n) is 7.10. The maximum atomic E-state index is 11.7. The molecule has 2 aliphatic carbocycles. The summed E-state index contributed by atoms with van der Waals surface area (Å²) in [6.45, 7) is 1.19. The molecule has 0 radical (unpaired) electrons.